The van der Waals surface area contributed by atoms with Crippen LogP contribution in [0.4, 0.5) is 5.69 Å². The molecule has 12 nitrogen and oxygen atoms in total. The van der Waals surface area contributed by atoms with Gasteiger partial charge in [-0.2, -0.15) is 8.42 Å². The first-order valence-electron chi connectivity index (χ1n) is 10.9. The number of carboxylic acid groups (broad SMARTS) is 2. The van der Waals surface area contributed by atoms with Crippen molar-refractivity contribution >= 4 is 96.0 Å². The summed E-state index contributed by atoms with van der Waals surface area (Å²) in [6, 6.07) is 7.23. The largest absolute Gasteiger partial charge is 0.480 e. The molecule has 1 amide bonds. The molecule has 0 bridgehead atoms. The van der Waals surface area contributed by atoms with Crippen molar-refractivity contribution in [2.45, 2.75) is 18.4 Å². The van der Waals surface area contributed by atoms with Crippen LogP contribution in [-0.2, 0) is 31.0 Å². The van der Waals surface area contributed by atoms with E-state index < -0.39 is 52.4 Å². The van der Waals surface area contributed by atoms with Crippen LogP contribution in [0.25, 0.3) is 11.0 Å². The molecule has 2 aromatic rings. The molecule has 2 aliphatic heterocycles. The third kappa shape index (κ3) is 6.28. The number of carbonyl (C=O) groups is 3. The smallest absolute Gasteiger partial charge is 0.323 e. The number of amides is 1. The number of fused-ring (bicyclic) bond motifs is 1. The zero-order valence-corrected chi connectivity index (χ0v) is 24.0. The van der Waals surface area contributed by atoms with E-state index in [-0.39, 0.29) is 25.0 Å². The van der Waals surface area contributed by atoms with Gasteiger partial charge in [0.25, 0.3) is 21.6 Å². The molecule has 0 aliphatic carbocycles. The maximum Gasteiger partial charge on any atom is 0.323 e. The van der Waals surface area contributed by atoms with Crippen molar-refractivity contribution in [1.82, 2.24) is 9.47 Å². The average Bonchev–Trinajstić information content (AvgIpc) is 3.45. The number of allylic oxidation sites excluding steroid dienone is 1. The van der Waals surface area contributed by atoms with E-state index in [0.29, 0.717) is 10.6 Å². The van der Waals surface area contributed by atoms with Crippen molar-refractivity contribution in [1.29, 1.82) is 0 Å². The molecule has 0 spiro atoms. The Morgan fingerprint density at radius 3 is 2.36 bits per heavy atom. The van der Waals surface area contributed by atoms with Crippen LogP contribution in [0.2, 0.25) is 0 Å². The van der Waals surface area contributed by atoms with Crippen LogP contribution in [0, 0.1) is 0 Å². The molecule has 1 aromatic carbocycles. The zero-order valence-electron chi connectivity index (χ0n) is 19.9. The quantitative estimate of drug-likeness (QED) is 0.273. The van der Waals surface area contributed by atoms with Gasteiger partial charge in [0.15, 0.2) is 0 Å². The van der Waals surface area contributed by atoms with E-state index in [0.717, 1.165) is 43.1 Å². The highest BCUT2D eigenvalue weighted by molar-refractivity contribution is 8.30. The first kappa shape index (κ1) is 29.0. The number of nitrogens with zero attached hydrogens (tertiary/aromatic N) is 3. The first-order chi connectivity index (χ1) is 18.3. The fraction of sp³-hybridized carbons (Fsp3) is 0.227. The molecule has 1 fully saturated rings. The van der Waals surface area contributed by atoms with Gasteiger partial charge in [-0.1, -0.05) is 47.9 Å². The number of para-hydroxylation sites is 1. The number of thioether (sulfide) groups is 2. The van der Waals surface area contributed by atoms with Crippen LogP contribution in [-0.4, -0.2) is 73.7 Å². The molecule has 4 rings (SSSR count). The molecule has 0 atom stereocenters. The van der Waals surface area contributed by atoms with E-state index >= 15 is 0 Å². The molecule has 3 N–H and O–H groups in total. The second-order valence-electron chi connectivity index (χ2n) is 8.18. The zero-order chi connectivity index (χ0) is 28.6. The number of hydrogen-bond donors (Lipinski definition) is 3. The minimum atomic E-state index is -4.25. The van der Waals surface area contributed by atoms with Crippen molar-refractivity contribution in [3.8, 4) is 0 Å². The Hall–Kier alpha value is -2.96. The summed E-state index contributed by atoms with van der Waals surface area (Å²) in [5, 5.41) is 19.1. The van der Waals surface area contributed by atoms with E-state index in [2.05, 4.69) is 0 Å². The maximum atomic E-state index is 13.3. The van der Waals surface area contributed by atoms with Gasteiger partial charge in [-0.15, -0.1) is 11.3 Å². The van der Waals surface area contributed by atoms with Crippen LogP contribution < -0.4 is 19.7 Å². The highest BCUT2D eigenvalue weighted by Gasteiger charge is 2.35. The molecule has 0 saturated carbocycles. The second kappa shape index (κ2) is 11.3. The van der Waals surface area contributed by atoms with E-state index in [9.17, 15) is 37.3 Å². The van der Waals surface area contributed by atoms with E-state index in [4.69, 9.17) is 17.3 Å². The van der Waals surface area contributed by atoms with Gasteiger partial charge in [0.1, 0.15) is 27.0 Å². The molecule has 0 radical (unpaired) electrons. The van der Waals surface area contributed by atoms with Crippen molar-refractivity contribution in [2.75, 3.05) is 23.7 Å². The maximum absolute atomic E-state index is 13.3. The fourth-order valence-corrected chi connectivity index (χ4v) is 7.91. The van der Waals surface area contributed by atoms with Crippen LogP contribution >= 0.6 is 47.1 Å². The molecule has 3 heterocycles. The number of aliphatic carboxylic acids is 2. The molecule has 39 heavy (non-hydrogen) atoms. The van der Waals surface area contributed by atoms with E-state index in [1.165, 1.54) is 17.8 Å². The predicted octanol–water partition coefficient (Wildman–Crippen LogP) is 0.560. The van der Waals surface area contributed by atoms with Crippen molar-refractivity contribution in [3.05, 3.63) is 54.4 Å². The Bertz CT molecular complexity index is 1740. The average molecular weight is 630 g/mol. The lowest BCUT2D eigenvalue weighted by Crippen LogP contribution is -2.36. The summed E-state index contributed by atoms with van der Waals surface area (Å²) in [5.41, 5.74) is 0.600. The Morgan fingerprint density at radius 1 is 1.05 bits per heavy atom. The fourth-order valence-electron chi connectivity index (χ4n) is 3.78. The van der Waals surface area contributed by atoms with Crippen LogP contribution in [0.1, 0.15) is 6.92 Å². The minimum absolute atomic E-state index is 0.0291. The van der Waals surface area contributed by atoms with Crippen molar-refractivity contribution in [2.24, 2.45) is 0 Å². The van der Waals surface area contributed by atoms with Crippen LogP contribution in [0.5, 0.6) is 0 Å². The van der Waals surface area contributed by atoms with Gasteiger partial charge in [-0.05, 0) is 30.7 Å². The number of anilines is 1. The summed E-state index contributed by atoms with van der Waals surface area (Å²) >= 11 is 8.11. The number of carboxylic acids is 2. The summed E-state index contributed by atoms with van der Waals surface area (Å²) in [5.74, 6) is -3.88. The van der Waals surface area contributed by atoms with Gasteiger partial charge in [0.05, 0.1) is 21.0 Å². The number of benzene rings is 1. The summed E-state index contributed by atoms with van der Waals surface area (Å²) in [6.07, 6.45) is 1.52. The third-order valence-corrected chi connectivity index (χ3v) is 10.1. The van der Waals surface area contributed by atoms with E-state index in [1.54, 1.807) is 24.0 Å². The molecular weight excluding hydrogens is 611 g/mol. The molecule has 2 aliphatic rings. The highest BCUT2D eigenvalue weighted by atomic mass is 32.2. The Balaban J connectivity index is 1.87. The lowest BCUT2D eigenvalue weighted by atomic mass is 10.2. The summed E-state index contributed by atoms with van der Waals surface area (Å²) in [7, 11) is -4.25. The Kier molecular flexibility index (Phi) is 8.38. The third-order valence-electron chi connectivity index (χ3n) is 5.40. The van der Waals surface area contributed by atoms with Crippen molar-refractivity contribution < 1.29 is 37.6 Å². The standard InChI is InChI=1S/C22H19N3O9S5/c1-11(20-23(6-7-39(32,33)34)12-4-2-3-5-13(12)36-20)8-14-18(30)24(9-15(26)27)21(37-14)17-19(31)25(10-16(28)29)22(35)38-17/h2-5,8H,6-7,9-10H2,1H3,(H,26,27)(H,28,29)(H,32,33,34)/b14-8?,20-11?,21-17+. The van der Waals surface area contributed by atoms with Crippen LogP contribution in [0.3, 0.4) is 0 Å². The van der Waals surface area contributed by atoms with Gasteiger partial charge in [-0.25, -0.2) is 0 Å². The van der Waals surface area contributed by atoms with Crippen LogP contribution in [0.15, 0.2) is 44.6 Å². The monoisotopic (exact) mass is 629 g/mol. The topological polar surface area (TPSA) is 175 Å². The molecule has 17 heteroatoms. The van der Waals surface area contributed by atoms with E-state index in [1.807, 2.05) is 12.1 Å². The summed E-state index contributed by atoms with van der Waals surface area (Å²) in [4.78, 5) is 52.3. The molecule has 0 unspecified atom stereocenters. The normalized spacial score (nSPS) is 18.7. The van der Waals surface area contributed by atoms with Gasteiger partial charge in [0, 0.05) is 11.4 Å². The minimum Gasteiger partial charge on any atom is -0.480 e. The molecule has 206 valence electrons. The van der Waals surface area contributed by atoms with Crippen molar-refractivity contribution in [3.63, 3.8) is 0 Å². The van der Waals surface area contributed by atoms with Gasteiger partial charge < -0.3 is 15.1 Å². The number of carbonyl (C=O) groups excluding carboxylic acids is 1. The summed E-state index contributed by atoms with van der Waals surface area (Å²) < 4.78 is 33.2. The first-order valence-corrected chi connectivity index (χ1v) is 15.4. The SMILES string of the molecule is CC(C=c1s/c(=C2/SC(=S)N(CC(=O)O)C2=O)n(CC(=O)O)c1=O)=C1Sc2ccccc2N1CCS(=O)(=O)O. The molecule has 1 saturated heterocycles. The number of hydrogen-bond acceptors (Lipinski definition) is 11. The number of rotatable bonds is 8. The van der Waals surface area contributed by atoms with Gasteiger partial charge in [0.2, 0.25) is 0 Å². The molecule has 1 aromatic heterocycles. The summed E-state index contributed by atoms with van der Waals surface area (Å²) in [6.45, 7) is 0.228. The molecular formula is C22H19N3O9S5. The number of thiazole rings is 1. The Labute approximate surface area is 238 Å². The second-order valence-corrected chi connectivity index (χ2v) is 13.5. The highest BCUT2D eigenvalue weighted by Crippen LogP contribution is 2.47. The lowest BCUT2D eigenvalue weighted by molar-refractivity contribution is -0.140. The lowest BCUT2D eigenvalue weighted by Gasteiger charge is -2.21. The van der Waals surface area contributed by atoms with Gasteiger partial charge >= 0.3 is 11.9 Å². The van der Waals surface area contributed by atoms with Gasteiger partial charge in [-0.3, -0.25) is 33.2 Å². The predicted molar refractivity (Wildman–Crippen MR) is 152 cm³/mol. The Morgan fingerprint density at radius 2 is 1.72 bits per heavy atom. The number of aromatic nitrogens is 1. The number of thiocarbonyl (C=S) groups is 1.